The number of ketones is 1. The molecule has 1 aliphatic rings. The Labute approximate surface area is 239 Å². The normalized spacial score (nSPS) is 17.1. The van der Waals surface area contributed by atoms with Gasteiger partial charge in [-0.05, 0) is 79.3 Å². The molecule has 41 heavy (non-hydrogen) atoms. The first-order valence-corrected chi connectivity index (χ1v) is 13.6. The second kappa shape index (κ2) is 10.4. The van der Waals surface area contributed by atoms with Crippen LogP contribution in [0.4, 0.5) is 5.95 Å². The van der Waals surface area contributed by atoms with Crippen LogP contribution in [0.1, 0.15) is 62.9 Å². The van der Waals surface area contributed by atoms with E-state index in [0.717, 1.165) is 16.6 Å². The minimum Gasteiger partial charge on any atom is -0.507 e. The van der Waals surface area contributed by atoms with Gasteiger partial charge in [0.25, 0.3) is 5.78 Å². The largest absolute Gasteiger partial charge is 0.507 e. The quantitative estimate of drug-likeness (QED) is 0.159. The lowest BCUT2D eigenvalue weighted by atomic mass is 9.85. The molecule has 0 bridgehead atoms. The Kier molecular flexibility index (Phi) is 7.11. The van der Waals surface area contributed by atoms with Crippen molar-refractivity contribution in [3.05, 3.63) is 88.5 Å². The maximum absolute atomic E-state index is 13.7. The van der Waals surface area contributed by atoms with Crippen molar-refractivity contribution in [3.8, 4) is 11.5 Å². The van der Waals surface area contributed by atoms with E-state index in [2.05, 4.69) is 30.7 Å². The summed E-state index contributed by atoms with van der Waals surface area (Å²) < 4.78 is 11.4. The highest BCUT2D eigenvalue weighted by Crippen LogP contribution is 2.44. The highest BCUT2D eigenvalue weighted by atomic mass is 16.5. The number of hydrogen-bond donors (Lipinski definition) is 2. The van der Waals surface area contributed by atoms with E-state index >= 15 is 0 Å². The first kappa shape index (κ1) is 28.0. The number of ether oxygens (including phenoxy) is 2. The van der Waals surface area contributed by atoms with Crippen LogP contribution in [-0.2, 0) is 15.0 Å². The molecule has 8 heteroatoms. The molecule has 0 spiro atoms. The number of aryl methyl sites for hydroxylation is 1. The molecule has 0 saturated carbocycles. The minimum atomic E-state index is -0.951. The number of aliphatic hydroxyl groups excluding tert-OH is 1. The van der Waals surface area contributed by atoms with Crippen LogP contribution in [0.25, 0.3) is 16.8 Å². The first-order valence-electron chi connectivity index (χ1n) is 13.6. The lowest BCUT2D eigenvalue weighted by molar-refractivity contribution is -0.132. The number of hydrogen-bond acceptors (Lipinski definition) is 6. The molecule has 0 radical (unpaired) electrons. The molecule has 0 aliphatic carbocycles. The van der Waals surface area contributed by atoms with Crippen molar-refractivity contribution in [1.82, 2.24) is 9.97 Å². The Morgan fingerprint density at radius 2 is 1.73 bits per heavy atom. The molecule has 1 fully saturated rings. The molecule has 1 unspecified atom stereocenters. The standard InChI is InChI=1S/C33H35N3O5/c1-18(2)41-22-12-9-20(10-13-22)28-27(29(37)23-17-21(33(4,5)6)11-15-26(23)40-7)30(38)31(39)36(28)32-34-24-14-8-19(3)16-25(24)35-32/h8-18,28,37H,1-7H3,(H,34,35)/b29-27+. The van der Waals surface area contributed by atoms with Crippen molar-refractivity contribution in [2.45, 2.75) is 59.1 Å². The molecule has 4 aromatic rings. The highest BCUT2D eigenvalue weighted by molar-refractivity contribution is 6.51. The molecule has 2 N–H and O–H groups in total. The van der Waals surface area contributed by atoms with Gasteiger partial charge in [0.2, 0.25) is 5.95 Å². The number of H-pyrrole nitrogens is 1. The van der Waals surface area contributed by atoms with Crippen LogP contribution in [-0.4, -0.2) is 40.0 Å². The SMILES string of the molecule is COc1ccc(C(C)(C)C)cc1/C(O)=C1\C(=O)C(=O)N(c2nc3ccc(C)cc3[nH]2)C1c1ccc(OC(C)C)cc1. The second-order valence-electron chi connectivity index (χ2n) is 11.7. The summed E-state index contributed by atoms with van der Waals surface area (Å²) in [5.74, 6) is -0.654. The van der Waals surface area contributed by atoms with Gasteiger partial charge in [-0.25, -0.2) is 4.98 Å². The maximum Gasteiger partial charge on any atom is 0.302 e. The van der Waals surface area contributed by atoms with Crippen LogP contribution in [0.2, 0.25) is 0 Å². The average Bonchev–Trinajstić information content (AvgIpc) is 3.45. The number of fused-ring (bicyclic) bond motifs is 1. The highest BCUT2D eigenvalue weighted by Gasteiger charge is 2.48. The number of anilines is 1. The summed E-state index contributed by atoms with van der Waals surface area (Å²) in [5.41, 5.74) is 4.03. The molecule has 1 aromatic heterocycles. The van der Waals surface area contributed by atoms with Crippen LogP contribution >= 0.6 is 0 Å². The zero-order valence-electron chi connectivity index (χ0n) is 24.4. The molecule has 1 atom stereocenters. The lowest BCUT2D eigenvalue weighted by Gasteiger charge is -2.24. The summed E-state index contributed by atoms with van der Waals surface area (Å²) in [6.07, 6.45) is -0.0203. The fourth-order valence-corrected chi connectivity index (χ4v) is 5.10. The van der Waals surface area contributed by atoms with Gasteiger partial charge in [-0.2, -0.15) is 0 Å². The van der Waals surface area contributed by atoms with E-state index in [1.54, 1.807) is 30.3 Å². The predicted octanol–water partition coefficient (Wildman–Crippen LogP) is 6.59. The Balaban J connectivity index is 1.73. The minimum absolute atomic E-state index is 0.0203. The van der Waals surface area contributed by atoms with Crippen LogP contribution in [0, 0.1) is 6.92 Å². The van der Waals surface area contributed by atoms with Crippen LogP contribution in [0.5, 0.6) is 11.5 Å². The number of aromatic amines is 1. The Morgan fingerprint density at radius 3 is 2.37 bits per heavy atom. The summed E-state index contributed by atoms with van der Waals surface area (Å²) >= 11 is 0. The van der Waals surface area contributed by atoms with Crippen molar-refractivity contribution >= 4 is 34.4 Å². The molecule has 8 nitrogen and oxygen atoms in total. The first-order chi connectivity index (χ1) is 19.4. The molecular formula is C33H35N3O5. The number of methoxy groups -OCH3 is 1. The Morgan fingerprint density at radius 1 is 1.02 bits per heavy atom. The van der Waals surface area contributed by atoms with E-state index in [-0.39, 0.29) is 28.8 Å². The molecule has 1 aliphatic heterocycles. The summed E-state index contributed by atoms with van der Waals surface area (Å²) in [4.78, 5) is 36.6. The zero-order valence-corrected chi connectivity index (χ0v) is 24.4. The number of benzene rings is 3. The number of rotatable bonds is 6. The predicted molar refractivity (Wildman–Crippen MR) is 160 cm³/mol. The molecular weight excluding hydrogens is 518 g/mol. The van der Waals surface area contributed by atoms with Crippen molar-refractivity contribution in [1.29, 1.82) is 0 Å². The zero-order chi connectivity index (χ0) is 29.6. The Bertz CT molecular complexity index is 1680. The molecule has 2 heterocycles. The number of aromatic nitrogens is 2. The van der Waals surface area contributed by atoms with Gasteiger partial charge >= 0.3 is 5.91 Å². The third-order valence-electron chi connectivity index (χ3n) is 7.19. The number of imidazole rings is 1. The number of carbonyl (C=O) groups is 2. The van der Waals surface area contributed by atoms with Crippen LogP contribution in [0.3, 0.4) is 0 Å². The number of amides is 1. The molecule has 1 amide bonds. The van der Waals surface area contributed by atoms with E-state index in [4.69, 9.17) is 9.47 Å². The van der Waals surface area contributed by atoms with Gasteiger partial charge in [-0.1, -0.05) is 45.0 Å². The number of carbonyl (C=O) groups excluding carboxylic acids is 2. The fraction of sp³-hybridized carbons (Fsp3) is 0.303. The molecule has 5 rings (SSSR count). The van der Waals surface area contributed by atoms with E-state index < -0.39 is 17.7 Å². The molecule has 1 saturated heterocycles. The number of nitrogens with zero attached hydrogens (tertiary/aromatic N) is 2. The van der Waals surface area contributed by atoms with Gasteiger partial charge in [-0.3, -0.25) is 14.5 Å². The van der Waals surface area contributed by atoms with Crippen LogP contribution in [0.15, 0.2) is 66.2 Å². The smallest absolute Gasteiger partial charge is 0.302 e. The topological polar surface area (TPSA) is 105 Å². The van der Waals surface area contributed by atoms with Gasteiger partial charge in [0.15, 0.2) is 0 Å². The maximum atomic E-state index is 13.7. The monoisotopic (exact) mass is 553 g/mol. The average molecular weight is 554 g/mol. The van der Waals surface area contributed by atoms with Gasteiger partial charge in [0, 0.05) is 0 Å². The lowest BCUT2D eigenvalue weighted by Crippen LogP contribution is -2.30. The van der Waals surface area contributed by atoms with Crippen molar-refractivity contribution < 1.29 is 24.2 Å². The van der Waals surface area contributed by atoms with Crippen molar-refractivity contribution in [2.24, 2.45) is 0 Å². The third kappa shape index (κ3) is 5.17. The van der Waals surface area contributed by atoms with E-state index in [9.17, 15) is 14.7 Å². The molecule has 212 valence electrons. The summed E-state index contributed by atoms with van der Waals surface area (Å²) in [5, 5.41) is 11.8. The van der Waals surface area contributed by atoms with Crippen LogP contribution < -0.4 is 14.4 Å². The van der Waals surface area contributed by atoms with Crippen molar-refractivity contribution in [2.75, 3.05) is 12.0 Å². The molecule has 3 aromatic carbocycles. The summed E-state index contributed by atoms with van der Waals surface area (Å²) in [7, 11) is 1.50. The number of nitrogens with one attached hydrogen (secondary N) is 1. The van der Waals surface area contributed by atoms with E-state index in [1.807, 2.05) is 51.1 Å². The Hall–Kier alpha value is -4.59. The second-order valence-corrected chi connectivity index (χ2v) is 11.7. The van der Waals surface area contributed by atoms with Gasteiger partial charge in [-0.15, -0.1) is 0 Å². The van der Waals surface area contributed by atoms with Gasteiger partial charge in [0.1, 0.15) is 17.3 Å². The van der Waals surface area contributed by atoms with Gasteiger partial charge in [0.05, 0.1) is 41.4 Å². The summed E-state index contributed by atoms with van der Waals surface area (Å²) in [6.45, 7) is 12.0. The third-order valence-corrected chi connectivity index (χ3v) is 7.19. The van der Waals surface area contributed by atoms with E-state index in [1.165, 1.54) is 12.0 Å². The number of Topliss-reactive ketones (excluding diaryl/α,β-unsaturated/α-hetero) is 1. The number of aliphatic hydroxyl groups is 1. The van der Waals surface area contributed by atoms with Gasteiger partial charge < -0.3 is 19.6 Å². The van der Waals surface area contributed by atoms with E-state index in [0.29, 0.717) is 28.1 Å². The summed E-state index contributed by atoms with van der Waals surface area (Å²) in [6, 6.07) is 17.4. The fourth-order valence-electron chi connectivity index (χ4n) is 5.10. The van der Waals surface area contributed by atoms with Crippen molar-refractivity contribution in [3.63, 3.8) is 0 Å².